The van der Waals surface area contributed by atoms with Crippen molar-refractivity contribution in [2.75, 3.05) is 33.2 Å². The smallest absolute Gasteiger partial charge is 0.263 e. The minimum absolute atomic E-state index is 0.117. The molecule has 0 radical (unpaired) electrons. The first kappa shape index (κ1) is 15.8. The lowest BCUT2D eigenvalue weighted by atomic mass is 10.1. The van der Waals surface area contributed by atoms with E-state index in [0.717, 1.165) is 37.5 Å². The van der Waals surface area contributed by atoms with Crippen molar-refractivity contribution in [3.8, 4) is 5.75 Å². The Balaban J connectivity index is 2.05. The van der Waals surface area contributed by atoms with Crippen molar-refractivity contribution < 1.29 is 9.53 Å². The van der Waals surface area contributed by atoms with Crippen molar-refractivity contribution in [1.29, 1.82) is 0 Å². The Morgan fingerprint density at radius 1 is 1.24 bits per heavy atom. The first-order valence-corrected chi connectivity index (χ1v) is 7.73. The van der Waals surface area contributed by atoms with Crippen molar-refractivity contribution in [3.63, 3.8) is 0 Å². The highest BCUT2D eigenvalue weighted by Crippen LogP contribution is 2.23. The van der Waals surface area contributed by atoms with Crippen LogP contribution in [-0.2, 0) is 4.79 Å². The van der Waals surface area contributed by atoms with Gasteiger partial charge in [0.05, 0.1) is 0 Å². The molecule has 1 fully saturated rings. The predicted octanol–water partition coefficient (Wildman–Crippen LogP) is 2.23. The highest BCUT2D eigenvalue weighted by molar-refractivity contribution is 5.81. The highest BCUT2D eigenvalue weighted by atomic mass is 16.5. The Kier molecular flexibility index (Phi) is 5.23. The Bertz CT molecular complexity index is 494. The fourth-order valence-electron chi connectivity index (χ4n) is 2.54. The molecular weight excluding hydrogens is 264 g/mol. The summed E-state index contributed by atoms with van der Waals surface area (Å²) in [5, 5.41) is 0. The molecule has 21 heavy (non-hydrogen) atoms. The maximum Gasteiger partial charge on any atom is 0.263 e. The summed E-state index contributed by atoms with van der Waals surface area (Å²) in [6.45, 7) is 9.56. The molecule has 1 amide bonds. The van der Waals surface area contributed by atoms with Crippen LogP contribution in [0.3, 0.4) is 0 Å². The van der Waals surface area contributed by atoms with Crippen molar-refractivity contribution >= 4 is 5.91 Å². The van der Waals surface area contributed by atoms with Gasteiger partial charge in [-0.1, -0.05) is 19.1 Å². The zero-order valence-electron chi connectivity index (χ0n) is 13.6. The zero-order chi connectivity index (χ0) is 15.4. The minimum Gasteiger partial charge on any atom is -0.480 e. The van der Waals surface area contributed by atoms with Crippen molar-refractivity contribution in [3.05, 3.63) is 29.3 Å². The van der Waals surface area contributed by atoms with Crippen molar-refractivity contribution in [1.82, 2.24) is 9.80 Å². The standard InChI is InChI=1S/C17H26N2O2/c1-5-15(17(20)19-11-9-18(4)10-12-19)21-16-8-6-7-13(2)14(16)3/h6-8,15H,5,9-12H2,1-4H3/t15-/m0/s1. The van der Waals surface area contributed by atoms with E-state index in [-0.39, 0.29) is 12.0 Å². The fourth-order valence-corrected chi connectivity index (χ4v) is 2.54. The van der Waals surface area contributed by atoms with E-state index in [1.807, 2.05) is 30.9 Å². The van der Waals surface area contributed by atoms with Gasteiger partial charge >= 0.3 is 0 Å². The van der Waals surface area contributed by atoms with Gasteiger partial charge in [0, 0.05) is 26.2 Å². The van der Waals surface area contributed by atoms with Gasteiger partial charge in [-0.25, -0.2) is 0 Å². The number of benzene rings is 1. The topological polar surface area (TPSA) is 32.8 Å². The third-order valence-electron chi connectivity index (χ3n) is 4.29. The number of piperazine rings is 1. The van der Waals surface area contributed by atoms with Gasteiger partial charge in [0.25, 0.3) is 5.91 Å². The second-order valence-electron chi connectivity index (χ2n) is 5.84. The maximum absolute atomic E-state index is 12.6. The first-order chi connectivity index (χ1) is 10.0. The lowest BCUT2D eigenvalue weighted by Crippen LogP contribution is -2.51. The van der Waals surface area contributed by atoms with E-state index >= 15 is 0 Å². The molecule has 1 aromatic rings. The van der Waals surface area contributed by atoms with E-state index in [1.54, 1.807) is 0 Å². The summed E-state index contributed by atoms with van der Waals surface area (Å²) in [5.41, 5.74) is 2.30. The van der Waals surface area contributed by atoms with Gasteiger partial charge in [-0.3, -0.25) is 4.79 Å². The van der Waals surface area contributed by atoms with Crippen LogP contribution in [0.2, 0.25) is 0 Å². The van der Waals surface area contributed by atoms with Gasteiger partial charge in [0.1, 0.15) is 5.75 Å². The normalized spacial score (nSPS) is 17.6. The van der Waals surface area contributed by atoms with E-state index < -0.39 is 0 Å². The molecule has 2 rings (SSSR count). The Hall–Kier alpha value is -1.55. The zero-order valence-corrected chi connectivity index (χ0v) is 13.6. The minimum atomic E-state index is -0.381. The third-order valence-corrected chi connectivity index (χ3v) is 4.29. The summed E-state index contributed by atoms with van der Waals surface area (Å²) in [4.78, 5) is 16.8. The highest BCUT2D eigenvalue weighted by Gasteiger charge is 2.27. The van der Waals surface area contributed by atoms with E-state index in [9.17, 15) is 4.79 Å². The quantitative estimate of drug-likeness (QED) is 0.852. The van der Waals surface area contributed by atoms with Crippen LogP contribution in [0.1, 0.15) is 24.5 Å². The average Bonchev–Trinajstić information content (AvgIpc) is 2.49. The maximum atomic E-state index is 12.6. The number of nitrogens with zero attached hydrogens (tertiary/aromatic N) is 2. The van der Waals surface area contributed by atoms with Crippen LogP contribution >= 0.6 is 0 Å². The summed E-state index contributed by atoms with van der Waals surface area (Å²) >= 11 is 0. The van der Waals surface area contributed by atoms with Gasteiger partial charge in [-0.05, 0) is 44.5 Å². The molecule has 1 saturated heterocycles. The van der Waals surface area contributed by atoms with E-state index in [0.29, 0.717) is 6.42 Å². The van der Waals surface area contributed by atoms with Crippen LogP contribution in [0.15, 0.2) is 18.2 Å². The second-order valence-corrected chi connectivity index (χ2v) is 5.84. The summed E-state index contributed by atoms with van der Waals surface area (Å²) in [5.74, 6) is 0.941. The number of carbonyl (C=O) groups is 1. The fraction of sp³-hybridized carbons (Fsp3) is 0.588. The molecule has 0 spiro atoms. The lowest BCUT2D eigenvalue weighted by Gasteiger charge is -2.34. The monoisotopic (exact) mass is 290 g/mol. The Labute approximate surface area is 127 Å². The van der Waals surface area contributed by atoms with Crippen molar-refractivity contribution in [2.45, 2.75) is 33.3 Å². The van der Waals surface area contributed by atoms with Crippen LogP contribution in [0.4, 0.5) is 0 Å². The van der Waals surface area contributed by atoms with E-state index in [1.165, 1.54) is 5.56 Å². The SMILES string of the molecule is CC[C@H](Oc1cccc(C)c1C)C(=O)N1CCN(C)CC1. The van der Waals surface area contributed by atoms with Crippen LogP contribution in [0, 0.1) is 13.8 Å². The summed E-state index contributed by atoms with van der Waals surface area (Å²) in [6, 6.07) is 5.98. The number of hydrogen-bond donors (Lipinski definition) is 0. The summed E-state index contributed by atoms with van der Waals surface area (Å²) in [6.07, 6.45) is 0.312. The Morgan fingerprint density at radius 2 is 1.90 bits per heavy atom. The molecule has 0 aromatic heterocycles. The third kappa shape index (κ3) is 3.76. The predicted molar refractivity (Wildman–Crippen MR) is 84.7 cm³/mol. The van der Waals surface area contributed by atoms with E-state index in [4.69, 9.17) is 4.74 Å². The molecule has 0 N–H and O–H groups in total. The van der Waals surface area contributed by atoms with Crippen LogP contribution in [-0.4, -0.2) is 55.0 Å². The molecule has 1 heterocycles. The number of likely N-dealkylation sites (N-methyl/N-ethyl adjacent to an activating group) is 1. The molecular formula is C17H26N2O2. The van der Waals surface area contributed by atoms with Gasteiger partial charge in [0.15, 0.2) is 6.10 Å². The number of aryl methyl sites for hydroxylation is 1. The average molecular weight is 290 g/mol. The molecule has 1 aliphatic rings. The van der Waals surface area contributed by atoms with Crippen LogP contribution in [0.5, 0.6) is 5.75 Å². The first-order valence-electron chi connectivity index (χ1n) is 7.73. The molecule has 4 heteroatoms. The van der Waals surface area contributed by atoms with Crippen LogP contribution < -0.4 is 4.74 Å². The number of amides is 1. The second kappa shape index (κ2) is 6.94. The molecule has 0 aliphatic carbocycles. The number of ether oxygens (including phenoxy) is 1. The number of rotatable bonds is 4. The van der Waals surface area contributed by atoms with E-state index in [2.05, 4.69) is 24.9 Å². The van der Waals surface area contributed by atoms with Gasteiger partial charge in [-0.2, -0.15) is 0 Å². The Morgan fingerprint density at radius 3 is 2.52 bits per heavy atom. The largest absolute Gasteiger partial charge is 0.480 e. The van der Waals surface area contributed by atoms with Gasteiger partial charge < -0.3 is 14.5 Å². The van der Waals surface area contributed by atoms with Gasteiger partial charge in [0.2, 0.25) is 0 Å². The molecule has 1 aliphatic heterocycles. The summed E-state index contributed by atoms with van der Waals surface area (Å²) in [7, 11) is 2.09. The molecule has 1 aromatic carbocycles. The lowest BCUT2D eigenvalue weighted by molar-refractivity contribution is -0.140. The molecule has 4 nitrogen and oxygen atoms in total. The van der Waals surface area contributed by atoms with Crippen molar-refractivity contribution in [2.24, 2.45) is 0 Å². The molecule has 0 saturated carbocycles. The van der Waals surface area contributed by atoms with Gasteiger partial charge in [-0.15, -0.1) is 0 Å². The number of hydrogen-bond acceptors (Lipinski definition) is 3. The number of carbonyl (C=O) groups excluding carboxylic acids is 1. The molecule has 0 bridgehead atoms. The molecule has 1 atom stereocenters. The molecule has 0 unspecified atom stereocenters. The molecule has 116 valence electrons. The summed E-state index contributed by atoms with van der Waals surface area (Å²) < 4.78 is 6.01. The van der Waals surface area contributed by atoms with Crippen LogP contribution in [0.25, 0.3) is 0 Å².